The second kappa shape index (κ2) is 3.79. The molecule has 0 aliphatic carbocycles. The molecule has 0 spiro atoms. The molecule has 0 aliphatic heterocycles. The van der Waals surface area contributed by atoms with Crippen LogP contribution < -0.4 is 0 Å². The van der Waals surface area contributed by atoms with Gasteiger partial charge in [-0.05, 0) is 0 Å². The van der Waals surface area contributed by atoms with Gasteiger partial charge in [0.05, 0.1) is 4.92 Å². The van der Waals surface area contributed by atoms with Crippen LogP contribution in [0.2, 0.25) is 5.15 Å². The van der Waals surface area contributed by atoms with Gasteiger partial charge in [0.2, 0.25) is 10.8 Å². The summed E-state index contributed by atoms with van der Waals surface area (Å²) < 4.78 is 62.3. The molecule has 0 fully saturated rings. The van der Waals surface area contributed by atoms with E-state index in [1.807, 2.05) is 0 Å². The highest BCUT2D eigenvalue weighted by atomic mass is 35.5. The highest BCUT2D eigenvalue weighted by Gasteiger charge is 2.64. The van der Waals surface area contributed by atoms with E-state index in [-0.39, 0.29) is 0 Å². The first kappa shape index (κ1) is 13.6. The van der Waals surface area contributed by atoms with Crippen molar-refractivity contribution < 1.29 is 26.9 Å². The Morgan fingerprint density at radius 2 is 1.82 bits per heavy atom. The number of nitro groups is 1. The molecule has 96 valence electrons. The fourth-order valence-electron chi connectivity index (χ4n) is 1.000. The van der Waals surface area contributed by atoms with Gasteiger partial charge in [-0.2, -0.15) is 27.1 Å². The molecule has 0 N–H and O–H groups in total. The third-order valence-corrected chi connectivity index (χ3v) is 2.21. The molecule has 1 aromatic rings. The van der Waals surface area contributed by atoms with Gasteiger partial charge in [0.25, 0.3) is 0 Å². The number of halogens is 6. The number of rotatable bonds is 2. The summed E-state index contributed by atoms with van der Waals surface area (Å²) in [6, 6.07) is 0. The van der Waals surface area contributed by atoms with Crippen molar-refractivity contribution in [2.45, 2.75) is 12.1 Å². The van der Waals surface area contributed by atoms with Crippen LogP contribution in [0.1, 0.15) is 5.69 Å². The highest BCUT2D eigenvalue weighted by Crippen LogP contribution is 2.47. The molecule has 0 saturated heterocycles. The highest BCUT2D eigenvalue weighted by molar-refractivity contribution is 6.31. The van der Waals surface area contributed by atoms with E-state index in [0.29, 0.717) is 4.68 Å². The van der Waals surface area contributed by atoms with Crippen molar-refractivity contribution in [1.29, 1.82) is 0 Å². The van der Waals surface area contributed by atoms with E-state index in [1.54, 1.807) is 0 Å². The lowest BCUT2D eigenvalue weighted by Gasteiger charge is -2.16. The maximum atomic E-state index is 12.9. The summed E-state index contributed by atoms with van der Waals surface area (Å²) >= 11 is 5.22. The molecule has 0 saturated carbocycles. The first-order valence-electron chi connectivity index (χ1n) is 3.82. The van der Waals surface area contributed by atoms with E-state index in [4.69, 9.17) is 11.6 Å². The lowest BCUT2D eigenvalue weighted by molar-refractivity contribution is -0.389. The zero-order chi connectivity index (χ0) is 13.6. The fraction of sp³-hybridized carbons (Fsp3) is 0.500. The van der Waals surface area contributed by atoms with E-state index >= 15 is 0 Å². The lowest BCUT2D eigenvalue weighted by Crippen LogP contribution is -2.34. The zero-order valence-corrected chi connectivity index (χ0v) is 8.68. The molecular weight excluding hydrogens is 277 g/mol. The molecule has 0 atom stereocenters. The van der Waals surface area contributed by atoms with Crippen LogP contribution in [0, 0.1) is 10.1 Å². The molecule has 0 amide bonds. The van der Waals surface area contributed by atoms with Crippen molar-refractivity contribution in [2.75, 3.05) is 0 Å². The quantitative estimate of drug-likeness (QED) is 0.475. The van der Waals surface area contributed by atoms with Crippen LogP contribution in [0.3, 0.4) is 0 Å². The molecule has 17 heavy (non-hydrogen) atoms. The fourth-order valence-corrected chi connectivity index (χ4v) is 1.20. The summed E-state index contributed by atoms with van der Waals surface area (Å²) in [6.45, 7) is 0. The summed E-state index contributed by atoms with van der Waals surface area (Å²) in [5, 5.41) is 12.2. The maximum absolute atomic E-state index is 12.9. The maximum Gasteiger partial charge on any atom is 0.460 e. The topological polar surface area (TPSA) is 61.0 Å². The Morgan fingerprint density at radius 3 is 2.18 bits per heavy atom. The van der Waals surface area contributed by atoms with E-state index in [0.717, 1.165) is 7.05 Å². The van der Waals surface area contributed by atoms with Crippen molar-refractivity contribution in [1.82, 2.24) is 9.78 Å². The van der Waals surface area contributed by atoms with Crippen molar-refractivity contribution in [3.8, 4) is 0 Å². The SMILES string of the molecule is Cn1nc(C(F)(F)C(F)(F)F)c([N+](=O)[O-])c1Cl. The third-order valence-electron chi connectivity index (χ3n) is 1.79. The minimum absolute atomic E-state index is 0.370. The Morgan fingerprint density at radius 1 is 1.35 bits per heavy atom. The van der Waals surface area contributed by atoms with Gasteiger partial charge in [-0.25, -0.2) is 0 Å². The van der Waals surface area contributed by atoms with E-state index in [1.165, 1.54) is 0 Å². The Labute approximate surface area is 94.9 Å². The van der Waals surface area contributed by atoms with Gasteiger partial charge < -0.3 is 0 Å². The molecular formula is C6H3ClF5N3O2. The second-order valence-electron chi connectivity index (χ2n) is 2.94. The van der Waals surface area contributed by atoms with Gasteiger partial charge in [-0.3, -0.25) is 14.8 Å². The van der Waals surface area contributed by atoms with Crippen LogP contribution >= 0.6 is 11.6 Å². The number of alkyl halides is 5. The van der Waals surface area contributed by atoms with Crippen LogP contribution in [-0.4, -0.2) is 20.9 Å². The number of nitrogens with zero attached hydrogens (tertiary/aromatic N) is 3. The Bertz CT molecular complexity index is 469. The average Bonchev–Trinajstić information content (AvgIpc) is 2.41. The number of aryl methyl sites for hydroxylation is 1. The normalized spacial score (nSPS) is 12.9. The number of hydrogen-bond donors (Lipinski definition) is 0. The number of hydrogen-bond acceptors (Lipinski definition) is 3. The summed E-state index contributed by atoms with van der Waals surface area (Å²) in [5.41, 5.74) is -3.58. The van der Waals surface area contributed by atoms with Crippen molar-refractivity contribution >= 4 is 17.3 Å². The summed E-state index contributed by atoms with van der Waals surface area (Å²) in [7, 11) is 0.908. The van der Waals surface area contributed by atoms with E-state index in [2.05, 4.69) is 5.10 Å². The number of aromatic nitrogens is 2. The Balaban J connectivity index is 3.52. The average molecular weight is 280 g/mol. The van der Waals surface area contributed by atoms with E-state index in [9.17, 15) is 32.1 Å². The van der Waals surface area contributed by atoms with Crippen LogP contribution in [-0.2, 0) is 13.0 Å². The molecule has 0 bridgehead atoms. The van der Waals surface area contributed by atoms with Crippen LogP contribution in [0.5, 0.6) is 0 Å². The Hall–Kier alpha value is -1.45. The van der Waals surface area contributed by atoms with Crippen LogP contribution in [0.4, 0.5) is 27.6 Å². The molecule has 1 heterocycles. The summed E-state index contributed by atoms with van der Waals surface area (Å²) in [5.74, 6) is -5.44. The second-order valence-corrected chi connectivity index (χ2v) is 3.30. The Kier molecular flexibility index (Phi) is 3.04. The molecule has 1 aromatic heterocycles. The monoisotopic (exact) mass is 279 g/mol. The molecule has 0 aliphatic rings. The summed E-state index contributed by atoms with van der Waals surface area (Å²) in [4.78, 5) is 8.96. The van der Waals surface area contributed by atoms with Gasteiger partial charge in [-0.1, -0.05) is 11.6 Å². The lowest BCUT2D eigenvalue weighted by atomic mass is 10.2. The molecule has 1 rings (SSSR count). The first-order chi connectivity index (χ1) is 7.50. The van der Waals surface area contributed by atoms with Gasteiger partial charge in [0.15, 0.2) is 0 Å². The minimum Gasteiger partial charge on any atom is -0.258 e. The van der Waals surface area contributed by atoms with Crippen LogP contribution in [0.25, 0.3) is 0 Å². The first-order valence-corrected chi connectivity index (χ1v) is 4.20. The standard InChI is InChI=1S/C6H3ClF5N3O2/c1-14-4(7)2(15(16)17)3(13-14)5(8,9)6(10,11)12/h1H3. The van der Waals surface area contributed by atoms with Gasteiger partial charge in [0.1, 0.15) is 0 Å². The minimum atomic E-state index is -5.99. The third kappa shape index (κ3) is 2.04. The van der Waals surface area contributed by atoms with Crippen LogP contribution in [0.15, 0.2) is 0 Å². The zero-order valence-electron chi connectivity index (χ0n) is 7.93. The summed E-state index contributed by atoms with van der Waals surface area (Å²) in [6.07, 6.45) is -5.99. The predicted molar refractivity (Wildman–Crippen MR) is 44.8 cm³/mol. The molecule has 11 heteroatoms. The van der Waals surface area contributed by atoms with Gasteiger partial charge in [-0.15, -0.1) is 0 Å². The van der Waals surface area contributed by atoms with E-state index < -0.39 is 33.6 Å². The molecule has 0 aromatic carbocycles. The van der Waals surface area contributed by atoms with Crippen molar-refractivity contribution in [3.63, 3.8) is 0 Å². The van der Waals surface area contributed by atoms with Gasteiger partial charge >= 0.3 is 17.8 Å². The van der Waals surface area contributed by atoms with Gasteiger partial charge in [0, 0.05) is 7.05 Å². The van der Waals surface area contributed by atoms with Crippen molar-refractivity contribution in [2.24, 2.45) is 7.05 Å². The largest absolute Gasteiger partial charge is 0.460 e. The molecule has 0 radical (unpaired) electrons. The smallest absolute Gasteiger partial charge is 0.258 e. The molecule has 0 unspecified atom stereocenters. The molecule has 5 nitrogen and oxygen atoms in total. The predicted octanol–water partition coefficient (Wildman–Crippen LogP) is 2.64. The van der Waals surface area contributed by atoms with Crippen molar-refractivity contribution in [3.05, 3.63) is 21.0 Å².